The molecule has 29 heavy (non-hydrogen) atoms. The van der Waals surface area contributed by atoms with Gasteiger partial charge in [-0.05, 0) is 47.4 Å². The van der Waals surface area contributed by atoms with Crippen LogP contribution in [-0.4, -0.2) is 17.8 Å². The molecule has 0 bridgehead atoms. The summed E-state index contributed by atoms with van der Waals surface area (Å²) >= 11 is 6.17. The third-order valence-electron chi connectivity index (χ3n) is 4.28. The Kier molecular flexibility index (Phi) is 5.98. The van der Waals surface area contributed by atoms with Crippen LogP contribution in [0.15, 0.2) is 42.5 Å². The maximum absolute atomic E-state index is 12.7. The summed E-state index contributed by atoms with van der Waals surface area (Å²) in [5.41, 5.74) is 2.97. The van der Waals surface area contributed by atoms with Gasteiger partial charge in [0.2, 0.25) is 0 Å². The molecule has 152 valence electrons. The molecule has 0 aliphatic carbocycles. The van der Waals surface area contributed by atoms with Crippen molar-refractivity contribution in [3.63, 3.8) is 0 Å². The van der Waals surface area contributed by atoms with E-state index in [2.05, 4.69) is 9.72 Å². The third-order valence-corrected chi connectivity index (χ3v) is 4.51. The van der Waals surface area contributed by atoms with Gasteiger partial charge in [0, 0.05) is 16.0 Å². The number of carbonyl (C=O) groups is 1. The molecule has 0 aliphatic heterocycles. The minimum Gasteiger partial charge on any atom is -0.463 e. The molecular weight excluding hydrogens is 407 g/mol. The summed E-state index contributed by atoms with van der Waals surface area (Å²) in [5.74, 6) is -0.371. The standard InChI is InChI=1S/C21H17ClF3NO3/c1-12(2)20-17(10-28-11-27)19(16-9-14(22)6-7-18(16)26-20)13-4-3-5-15(8-13)29-21(23,24)25/h3-9,11-12H,10H2,1-2H3. The van der Waals surface area contributed by atoms with E-state index in [9.17, 15) is 18.0 Å². The number of fused-ring (bicyclic) bond motifs is 1. The zero-order valence-electron chi connectivity index (χ0n) is 15.6. The van der Waals surface area contributed by atoms with Gasteiger partial charge >= 0.3 is 6.36 Å². The van der Waals surface area contributed by atoms with Crippen molar-refractivity contribution in [2.45, 2.75) is 32.7 Å². The lowest BCUT2D eigenvalue weighted by Crippen LogP contribution is -2.17. The Balaban J connectivity index is 2.32. The van der Waals surface area contributed by atoms with E-state index < -0.39 is 6.36 Å². The smallest absolute Gasteiger partial charge is 0.463 e. The first-order chi connectivity index (χ1) is 13.7. The molecule has 1 heterocycles. The number of benzene rings is 2. The van der Waals surface area contributed by atoms with Crippen molar-refractivity contribution in [3.05, 3.63) is 58.7 Å². The van der Waals surface area contributed by atoms with E-state index in [1.807, 2.05) is 13.8 Å². The maximum Gasteiger partial charge on any atom is 0.573 e. The van der Waals surface area contributed by atoms with Crippen LogP contribution in [0.4, 0.5) is 13.2 Å². The van der Waals surface area contributed by atoms with E-state index in [-0.39, 0.29) is 18.3 Å². The highest BCUT2D eigenvalue weighted by Crippen LogP contribution is 2.38. The molecule has 0 spiro atoms. The summed E-state index contributed by atoms with van der Waals surface area (Å²) in [7, 11) is 0. The molecule has 0 amide bonds. The van der Waals surface area contributed by atoms with Crippen molar-refractivity contribution < 1.29 is 27.4 Å². The molecule has 3 rings (SSSR count). The number of aromatic nitrogens is 1. The van der Waals surface area contributed by atoms with E-state index in [1.54, 1.807) is 24.3 Å². The lowest BCUT2D eigenvalue weighted by Gasteiger charge is -2.19. The summed E-state index contributed by atoms with van der Waals surface area (Å²) in [5, 5.41) is 1.08. The number of carbonyl (C=O) groups excluding carboxylic acids is 1. The zero-order chi connectivity index (χ0) is 21.2. The van der Waals surface area contributed by atoms with Crippen LogP contribution in [0, 0.1) is 0 Å². The van der Waals surface area contributed by atoms with E-state index >= 15 is 0 Å². The average molecular weight is 424 g/mol. The molecular formula is C21H17ClF3NO3. The Labute approximate surface area is 170 Å². The molecule has 0 fully saturated rings. The summed E-state index contributed by atoms with van der Waals surface area (Å²) in [6.07, 6.45) is -4.81. The Bertz CT molecular complexity index is 1050. The molecule has 0 unspecified atom stereocenters. The van der Waals surface area contributed by atoms with Gasteiger partial charge in [-0.2, -0.15) is 0 Å². The predicted octanol–water partition coefficient (Wildman–Crippen LogP) is 6.25. The van der Waals surface area contributed by atoms with Crippen LogP contribution in [0.2, 0.25) is 5.02 Å². The van der Waals surface area contributed by atoms with Gasteiger partial charge < -0.3 is 9.47 Å². The van der Waals surface area contributed by atoms with Gasteiger partial charge in [0.1, 0.15) is 12.4 Å². The van der Waals surface area contributed by atoms with Gasteiger partial charge in [0.25, 0.3) is 6.47 Å². The van der Waals surface area contributed by atoms with Crippen LogP contribution < -0.4 is 4.74 Å². The van der Waals surface area contributed by atoms with Gasteiger partial charge in [-0.25, -0.2) is 0 Å². The van der Waals surface area contributed by atoms with Crippen molar-refractivity contribution in [2.75, 3.05) is 0 Å². The van der Waals surface area contributed by atoms with E-state index in [1.165, 1.54) is 18.2 Å². The zero-order valence-corrected chi connectivity index (χ0v) is 16.3. The monoisotopic (exact) mass is 423 g/mol. The fourth-order valence-corrected chi connectivity index (χ4v) is 3.39. The van der Waals surface area contributed by atoms with E-state index in [0.29, 0.717) is 44.8 Å². The lowest BCUT2D eigenvalue weighted by molar-refractivity contribution is -0.274. The number of alkyl halides is 3. The van der Waals surface area contributed by atoms with Crippen LogP contribution in [0.3, 0.4) is 0 Å². The summed E-state index contributed by atoms with van der Waals surface area (Å²) in [6.45, 7) is 4.11. The van der Waals surface area contributed by atoms with Crippen molar-refractivity contribution in [3.8, 4) is 16.9 Å². The highest BCUT2D eigenvalue weighted by molar-refractivity contribution is 6.31. The molecule has 0 N–H and O–H groups in total. The molecule has 4 nitrogen and oxygen atoms in total. The second-order valence-electron chi connectivity index (χ2n) is 6.65. The highest BCUT2D eigenvalue weighted by atomic mass is 35.5. The van der Waals surface area contributed by atoms with Gasteiger partial charge in [0.15, 0.2) is 0 Å². The number of pyridine rings is 1. The Hall–Kier alpha value is -2.80. The van der Waals surface area contributed by atoms with Crippen molar-refractivity contribution in [1.82, 2.24) is 4.98 Å². The highest BCUT2D eigenvalue weighted by Gasteiger charge is 2.31. The Morgan fingerprint density at radius 1 is 1.17 bits per heavy atom. The molecule has 0 saturated carbocycles. The van der Waals surface area contributed by atoms with Gasteiger partial charge in [-0.1, -0.05) is 37.6 Å². The second kappa shape index (κ2) is 8.29. The fourth-order valence-electron chi connectivity index (χ4n) is 3.21. The fraction of sp³-hybridized carbons (Fsp3) is 0.238. The second-order valence-corrected chi connectivity index (χ2v) is 7.09. The van der Waals surface area contributed by atoms with Crippen LogP contribution in [-0.2, 0) is 16.1 Å². The molecule has 3 aromatic rings. The first-order valence-corrected chi connectivity index (χ1v) is 9.11. The molecule has 0 saturated heterocycles. The van der Waals surface area contributed by atoms with E-state index in [0.717, 1.165) is 0 Å². The average Bonchev–Trinajstić information content (AvgIpc) is 2.64. The maximum atomic E-state index is 12.7. The first-order valence-electron chi connectivity index (χ1n) is 8.73. The number of ether oxygens (including phenoxy) is 2. The third kappa shape index (κ3) is 4.79. The first kappa shape index (κ1) is 20.9. The molecule has 0 radical (unpaired) electrons. The van der Waals surface area contributed by atoms with Gasteiger partial charge in [-0.3, -0.25) is 9.78 Å². The number of halogens is 4. The number of nitrogens with zero attached hydrogens (tertiary/aromatic N) is 1. The quantitative estimate of drug-likeness (QED) is 0.440. The molecule has 8 heteroatoms. The largest absolute Gasteiger partial charge is 0.573 e. The van der Waals surface area contributed by atoms with Crippen LogP contribution in [0.25, 0.3) is 22.0 Å². The minimum atomic E-state index is -4.81. The summed E-state index contributed by atoms with van der Waals surface area (Å²) < 4.78 is 47.1. The topological polar surface area (TPSA) is 48.4 Å². The lowest BCUT2D eigenvalue weighted by atomic mass is 9.91. The predicted molar refractivity (Wildman–Crippen MR) is 104 cm³/mol. The summed E-state index contributed by atoms with van der Waals surface area (Å²) in [4.78, 5) is 15.5. The van der Waals surface area contributed by atoms with Gasteiger partial charge in [-0.15, -0.1) is 13.2 Å². The molecule has 2 aromatic carbocycles. The van der Waals surface area contributed by atoms with Crippen LogP contribution in [0.1, 0.15) is 31.0 Å². The SMILES string of the molecule is CC(C)c1nc2ccc(Cl)cc2c(-c2cccc(OC(F)(F)F)c2)c1COC=O. The van der Waals surface area contributed by atoms with Crippen molar-refractivity contribution >= 4 is 29.0 Å². The minimum absolute atomic E-state index is 0.0197. The molecule has 0 aliphatic rings. The molecule has 1 aromatic heterocycles. The number of hydrogen-bond donors (Lipinski definition) is 0. The Morgan fingerprint density at radius 3 is 2.59 bits per heavy atom. The molecule has 0 atom stereocenters. The number of rotatable bonds is 6. The normalized spacial score (nSPS) is 11.7. The van der Waals surface area contributed by atoms with Crippen LogP contribution in [0.5, 0.6) is 5.75 Å². The van der Waals surface area contributed by atoms with E-state index in [4.69, 9.17) is 16.3 Å². The number of hydrogen-bond acceptors (Lipinski definition) is 4. The van der Waals surface area contributed by atoms with Crippen LogP contribution >= 0.6 is 11.6 Å². The van der Waals surface area contributed by atoms with Crippen molar-refractivity contribution in [2.24, 2.45) is 0 Å². The van der Waals surface area contributed by atoms with Crippen molar-refractivity contribution in [1.29, 1.82) is 0 Å². The Morgan fingerprint density at radius 2 is 1.93 bits per heavy atom. The van der Waals surface area contributed by atoms with Gasteiger partial charge in [0.05, 0.1) is 11.2 Å². The summed E-state index contributed by atoms with van der Waals surface area (Å²) in [6, 6.07) is 10.8.